The number of benzene rings is 8. The molecule has 0 saturated carbocycles. The minimum absolute atomic E-state index is 0.120. The molecule has 0 aliphatic rings. The summed E-state index contributed by atoms with van der Waals surface area (Å²) in [5.74, 6) is 0. The number of hydrogen-bond acceptors (Lipinski definition) is 8. The normalized spacial score (nSPS) is 13.1. The molecule has 18 heteroatoms. The molecule has 0 aliphatic carbocycles. The van der Waals surface area contributed by atoms with Crippen molar-refractivity contribution in [1.29, 1.82) is 0 Å². The lowest BCUT2D eigenvalue weighted by atomic mass is 10.0. The van der Waals surface area contributed by atoms with Crippen molar-refractivity contribution >= 4 is 77.5 Å². The maximum atomic E-state index is 11.6. The standard InChI is InChI=1S/C65H70O12P2S4/c1-48(78(58-31-15-50(16-32-58)7-3-11-54-23-39-62(40-24-54)80(66,67)68)59-33-17-51(18-34-59)8-4-12-55-25-41-63(42-26-55)81(69,70)71)47-49(2)79(60-35-19-52(20-36-60)9-5-13-56-27-43-64(44-28-56)82(72,73)74)61-37-21-53(22-38-61)10-6-14-57-29-45-65(46-30-57)83(75,76)77/h15-46,48-49H,3-14,47H2,1-2H3,(H,66,67,68)(H,69,70,71)(H,72,73,74)(H,75,76,77)/t48-,49-/m0/s1. The summed E-state index contributed by atoms with van der Waals surface area (Å²) in [6.07, 6.45) is 10.8. The smallest absolute Gasteiger partial charge is 0.282 e. The lowest BCUT2D eigenvalue weighted by Gasteiger charge is -2.32. The van der Waals surface area contributed by atoms with Crippen LogP contribution in [0.4, 0.5) is 0 Å². The van der Waals surface area contributed by atoms with Crippen LogP contribution in [0.1, 0.15) is 90.5 Å². The van der Waals surface area contributed by atoms with Crippen LogP contribution in [0.2, 0.25) is 0 Å². The minimum Gasteiger partial charge on any atom is -0.282 e. The second kappa shape index (κ2) is 28.4. The molecule has 0 amide bonds. The molecule has 0 aromatic heterocycles. The molecule has 8 rings (SSSR count). The molecule has 83 heavy (non-hydrogen) atoms. The van der Waals surface area contributed by atoms with Crippen LogP contribution in [0.3, 0.4) is 0 Å². The first kappa shape index (κ1) is 63.3. The molecule has 0 aliphatic heterocycles. The van der Waals surface area contributed by atoms with Crippen molar-refractivity contribution in [2.75, 3.05) is 0 Å². The monoisotopic (exact) mass is 1230 g/mol. The van der Waals surface area contributed by atoms with E-state index in [1.165, 1.54) is 92.0 Å². The summed E-state index contributed by atoms with van der Waals surface area (Å²) < 4.78 is 130. The van der Waals surface area contributed by atoms with Gasteiger partial charge in [0.15, 0.2) is 0 Å². The molecular weight excluding hydrogens is 1160 g/mol. The van der Waals surface area contributed by atoms with Gasteiger partial charge in [-0.15, -0.1) is 0 Å². The average molecular weight is 1230 g/mol. The maximum absolute atomic E-state index is 11.6. The van der Waals surface area contributed by atoms with E-state index in [1.807, 2.05) is 0 Å². The Kier molecular flexibility index (Phi) is 21.7. The number of rotatable bonds is 28. The lowest BCUT2D eigenvalue weighted by Crippen LogP contribution is -2.26. The van der Waals surface area contributed by atoms with Gasteiger partial charge in [-0.3, -0.25) is 18.2 Å². The second-order valence-electron chi connectivity index (χ2n) is 21.2. The van der Waals surface area contributed by atoms with Crippen LogP contribution in [0.15, 0.2) is 214 Å². The Bertz CT molecular complexity index is 3360. The Morgan fingerprint density at radius 2 is 0.410 bits per heavy atom. The van der Waals surface area contributed by atoms with Crippen LogP contribution in [-0.2, 0) is 91.8 Å². The summed E-state index contributed by atoms with van der Waals surface area (Å²) in [7, 11) is -18.7. The van der Waals surface area contributed by atoms with E-state index in [4.69, 9.17) is 0 Å². The highest BCUT2D eigenvalue weighted by Gasteiger charge is 2.28. The molecule has 8 aromatic rings. The highest BCUT2D eigenvalue weighted by atomic mass is 32.2. The van der Waals surface area contributed by atoms with E-state index in [2.05, 4.69) is 111 Å². The molecule has 8 aromatic carbocycles. The van der Waals surface area contributed by atoms with Gasteiger partial charge < -0.3 is 0 Å². The van der Waals surface area contributed by atoms with E-state index in [9.17, 15) is 51.9 Å². The predicted molar refractivity (Wildman–Crippen MR) is 335 cm³/mol. The fraction of sp³-hybridized carbons (Fsp3) is 0.262. The minimum atomic E-state index is -4.26. The summed E-state index contributed by atoms with van der Waals surface area (Å²) in [6.45, 7) is 4.77. The zero-order chi connectivity index (χ0) is 59.4. The molecule has 0 unspecified atom stereocenters. The Labute approximate surface area is 493 Å². The van der Waals surface area contributed by atoms with Crippen LogP contribution in [0.25, 0.3) is 0 Å². The third kappa shape index (κ3) is 18.6. The fourth-order valence-corrected chi connectivity index (χ4v) is 18.3. The van der Waals surface area contributed by atoms with Crippen LogP contribution in [-0.4, -0.2) is 63.2 Å². The summed E-state index contributed by atoms with van der Waals surface area (Å²) >= 11 is 0. The molecule has 12 nitrogen and oxygen atoms in total. The molecule has 0 saturated heterocycles. The first-order chi connectivity index (χ1) is 39.5. The molecule has 0 bridgehead atoms. The van der Waals surface area contributed by atoms with Gasteiger partial charge in [0, 0.05) is 0 Å². The van der Waals surface area contributed by atoms with E-state index >= 15 is 0 Å². The first-order valence-corrected chi connectivity index (χ1v) is 36.2. The molecule has 4 N–H and O–H groups in total. The quantitative estimate of drug-likeness (QED) is 0.0266. The van der Waals surface area contributed by atoms with Gasteiger partial charge in [-0.2, -0.15) is 33.7 Å². The molecule has 436 valence electrons. The van der Waals surface area contributed by atoms with Gasteiger partial charge in [0.25, 0.3) is 40.5 Å². The Morgan fingerprint density at radius 1 is 0.265 bits per heavy atom. The topological polar surface area (TPSA) is 217 Å². The second-order valence-corrected chi connectivity index (χ2v) is 32.2. The van der Waals surface area contributed by atoms with Crippen LogP contribution in [0.5, 0.6) is 0 Å². The molecule has 2 atom stereocenters. The van der Waals surface area contributed by atoms with Crippen molar-refractivity contribution in [2.24, 2.45) is 0 Å². The average Bonchev–Trinajstić information content (AvgIpc) is 3.48. The van der Waals surface area contributed by atoms with Gasteiger partial charge in [0.2, 0.25) is 0 Å². The van der Waals surface area contributed by atoms with Crippen LogP contribution < -0.4 is 21.2 Å². The van der Waals surface area contributed by atoms with Gasteiger partial charge in [-0.05, 0) is 225 Å². The molecule has 0 spiro atoms. The lowest BCUT2D eigenvalue weighted by molar-refractivity contribution is 0.481. The van der Waals surface area contributed by atoms with E-state index < -0.39 is 56.3 Å². The molecule has 0 fully saturated rings. The van der Waals surface area contributed by atoms with Crippen molar-refractivity contribution in [1.82, 2.24) is 0 Å². The third-order valence-corrected chi connectivity index (χ3v) is 24.1. The Balaban J connectivity index is 1.01. The van der Waals surface area contributed by atoms with Gasteiger partial charge >= 0.3 is 0 Å². The highest BCUT2D eigenvalue weighted by Crippen LogP contribution is 2.48. The van der Waals surface area contributed by atoms with E-state index in [1.54, 1.807) is 48.5 Å². The van der Waals surface area contributed by atoms with E-state index in [0.717, 1.165) is 106 Å². The van der Waals surface area contributed by atoms with Crippen molar-refractivity contribution in [3.05, 3.63) is 239 Å². The van der Waals surface area contributed by atoms with Crippen molar-refractivity contribution in [3.8, 4) is 0 Å². The van der Waals surface area contributed by atoms with E-state index in [-0.39, 0.29) is 30.9 Å². The predicted octanol–water partition coefficient (Wildman–Crippen LogP) is 12.1. The van der Waals surface area contributed by atoms with E-state index in [0.29, 0.717) is 0 Å². The summed E-state index contributed by atoms with van der Waals surface area (Å²) in [5, 5.41) is 5.14. The first-order valence-electron chi connectivity index (χ1n) is 27.7. The van der Waals surface area contributed by atoms with Gasteiger partial charge in [0.1, 0.15) is 0 Å². The van der Waals surface area contributed by atoms with Crippen LogP contribution in [0, 0.1) is 0 Å². The number of aryl methyl sites for hydroxylation is 8. The van der Waals surface area contributed by atoms with Gasteiger partial charge in [0.05, 0.1) is 19.6 Å². The summed E-state index contributed by atoms with van der Waals surface area (Å²) in [4.78, 5) is -0.479. The van der Waals surface area contributed by atoms with Gasteiger partial charge in [-0.25, -0.2) is 0 Å². The number of hydrogen-bond donors (Lipinski definition) is 4. The van der Waals surface area contributed by atoms with Crippen molar-refractivity contribution in [3.63, 3.8) is 0 Å². The zero-order valence-corrected chi connectivity index (χ0v) is 51.5. The molecular formula is C65H70O12P2S4. The van der Waals surface area contributed by atoms with Crippen molar-refractivity contribution < 1.29 is 51.9 Å². The SMILES string of the molecule is C[C@@H](C[C@H](C)P(c1ccc(CCCc2ccc(S(=O)(=O)O)cc2)cc1)c1ccc(CCCc2ccc(S(=O)(=O)O)cc2)cc1)P(c1ccc(CCCc2ccc(S(=O)(=O)O)cc2)cc1)c1ccc(CCCc2ccc(S(=O)(=O)O)cc2)cc1. The Hall–Kier alpha value is -5.74. The zero-order valence-electron chi connectivity index (χ0n) is 46.4. The Morgan fingerprint density at radius 3 is 0.554 bits per heavy atom. The fourth-order valence-electron chi connectivity index (χ4n) is 10.6. The third-order valence-electron chi connectivity index (χ3n) is 15.0. The molecule has 0 heterocycles. The highest BCUT2D eigenvalue weighted by molar-refractivity contribution is 7.86. The maximum Gasteiger partial charge on any atom is 0.294 e. The summed E-state index contributed by atoms with van der Waals surface area (Å²) in [5.41, 5.74) is 9.36. The summed E-state index contributed by atoms with van der Waals surface area (Å²) in [6, 6.07) is 61.5. The largest absolute Gasteiger partial charge is 0.294 e. The van der Waals surface area contributed by atoms with Gasteiger partial charge in [-0.1, -0.05) is 159 Å². The van der Waals surface area contributed by atoms with Crippen molar-refractivity contribution in [2.45, 2.75) is 128 Å². The molecule has 0 radical (unpaired) electrons. The van der Waals surface area contributed by atoms with Crippen LogP contribution >= 0.6 is 15.8 Å².